The van der Waals surface area contributed by atoms with Crippen LogP contribution in [-0.2, 0) is 4.79 Å². The molecule has 2 atom stereocenters. The Balaban J connectivity index is 2.65. The van der Waals surface area contributed by atoms with Gasteiger partial charge >= 0.3 is 11.9 Å². The summed E-state index contributed by atoms with van der Waals surface area (Å²) in [7, 11) is 0. The first-order chi connectivity index (χ1) is 9.32. The molecule has 0 spiro atoms. The van der Waals surface area contributed by atoms with E-state index in [0.717, 1.165) is 6.07 Å². The molecule has 0 aliphatic heterocycles. The Kier molecular flexibility index (Phi) is 3.70. The SMILES string of the molecule is CC(C)[C@H]1CC[C@H](C(=O)O)c2c(O)cc(C(=O)O)cc21. The van der Waals surface area contributed by atoms with Crippen LogP contribution in [0, 0.1) is 5.92 Å². The van der Waals surface area contributed by atoms with Crippen LogP contribution in [0.2, 0.25) is 0 Å². The van der Waals surface area contributed by atoms with Crippen molar-refractivity contribution in [2.45, 2.75) is 38.5 Å². The summed E-state index contributed by atoms with van der Waals surface area (Å²) in [4.78, 5) is 22.4. The number of benzene rings is 1. The minimum Gasteiger partial charge on any atom is -0.508 e. The highest BCUT2D eigenvalue weighted by Crippen LogP contribution is 2.46. The molecule has 1 aromatic carbocycles. The van der Waals surface area contributed by atoms with Gasteiger partial charge in [-0.3, -0.25) is 4.79 Å². The van der Waals surface area contributed by atoms with Crippen LogP contribution in [0.25, 0.3) is 0 Å². The number of aromatic carboxylic acids is 1. The van der Waals surface area contributed by atoms with Crippen molar-refractivity contribution in [1.29, 1.82) is 0 Å². The van der Waals surface area contributed by atoms with Gasteiger partial charge in [-0.15, -0.1) is 0 Å². The van der Waals surface area contributed by atoms with Crippen molar-refractivity contribution >= 4 is 11.9 Å². The molecule has 5 nitrogen and oxygen atoms in total. The number of rotatable bonds is 3. The Morgan fingerprint density at radius 1 is 1.20 bits per heavy atom. The number of carboxylic acid groups (broad SMARTS) is 2. The molecule has 0 heterocycles. The van der Waals surface area contributed by atoms with Crippen molar-refractivity contribution in [2.75, 3.05) is 0 Å². The van der Waals surface area contributed by atoms with Gasteiger partial charge in [0.2, 0.25) is 0 Å². The van der Waals surface area contributed by atoms with Crippen molar-refractivity contribution < 1.29 is 24.9 Å². The molecule has 0 amide bonds. The van der Waals surface area contributed by atoms with Gasteiger partial charge in [0.1, 0.15) is 5.75 Å². The van der Waals surface area contributed by atoms with Gasteiger partial charge in [-0.1, -0.05) is 13.8 Å². The molecule has 5 heteroatoms. The maximum Gasteiger partial charge on any atom is 0.335 e. The Morgan fingerprint density at radius 2 is 1.85 bits per heavy atom. The van der Waals surface area contributed by atoms with Crippen LogP contribution >= 0.6 is 0 Å². The fourth-order valence-electron chi connectivity index (χ4n) is 3.06. The number of carbonyl (C=O) groups is 2. The normalized spacial score (nSPS) is 21.6. The Labute approximate surface area is 116 Å². The molecule has 0 radical (unpaired) electrons. The molecule has 0 bridgehead atoms. The number of carboxylic acids is 2. The summed E-state index contributed by atoms with van der Waals surface area (Å²) in [5.41, 5.74) is 1.04. The highest BCUT2D eigenvalue weighted by Gasteiger charge is 2.35. The third-order valence-corrected chi connectivity index (χ3v) is 4.05. The predicted molar refractivity (Wildman–Crippen MR) is 72.3 cm³/mol. The van der Waals surface area contributed by atoms with Gasteiger partial charge in [0.25, 0.3) is 0 Å². The minimum absolute atomic E-state index is 0.00191. The van der Waals surface area contributed by atoms with Crippen molar-refractivity contribution in [2.24, 2.45) is 5.92 Å². The van der Waals surface area contributed by atoms with E-state index < -0.39 is 17.9 Å². The molecule has 1 aliphatic rings. The van der Waals surface area contributed by atoms with Crippen molar-refractivity contribution in [3.05, 3.63) is 28.8 Å². The summed E-state index contributed by atoms with van der Waals surface area (Å²) in [5.74, 6) is -2.76. The third-order valence-electron chi connectivity index (χ3n) is 4.05. The van der Waals surface area contributed by atoms with E-state index >= 15 is 0 Å². The molecule has 2 rings (SSSR count). The fraction of sp³-hybridized carbons (Fsp3) is 0.467. The second-order valence-electron chi connectivity index (χ2n) is 5.62. The van der Waals surface area contributed by atoms with E-state index in [-0.39, 0.29) is 23.1 Å². The van der Waals surface area contributed by atoms with Crippen LogP contribution in [-0.4, -0.2) is 27.3 Å². The summed E-state index contributed by atoms with van der Waals surface area (Å²) in [5, 5.41) is 28.4. The number of phenols is 1. The van der Waals surface area contributed by atoms with Gasteiger partial charge in [-0.25, -0.2) is 4.79 Å². The Hall–Kier alpha value is -2.04. The van der Waals surface area contributed by atoms with Crippen LogP contribution in [0.5, 0.6) is 5.75 Å². The van der Waals surface area contributed by atoms with Crippen LogP contribution < -0.4 is 0 Å². The van der Waals surface area contributed by atoms with E-state index in [1.54, 1.807) is 0 Å². The average Bonchev–Trinajstić information content (AvgIpc) is 2.36. The first-order valence-electron chi connectivity index (χ1n) is 6.65. The molecule has 0 aromatic heterocycles. The lowest BCUT2D eigenvalue weighted by Crippen LogP contribution is -2.24. The zero-order valence-corrected chi connectivity index (χ0v) is 11.5. The monoisotopic (exact) mass is 278 g/mol. The summed E-state index contributed by atoms with van der Waals surface area (Å²) in [6.07, 6.45) is 1.15. The topological polar surface area (TPSA) is 94.8 Å². The van der Waals surface area contributed by atoms with Crippen LogP contribution in [0.3, 0.4) is 0 Å². The smallest absolute Gasteiger partial charge is 0.335 e. The quantitative estimate of drug-likeness (QED) is 0.790. The number of hydrogen-bond acceptors (Lipinski definition) is 3. The maximum absolute atomic E-state index is 11.3. The standard InChI is InChI=1S/C15H18O5/c1-7(2)9-3-4-10(15(19)20)13-11(9)5-8(14(17)18)6-12(13)16/h5-7,9-10,16H,3-4H2,1-2H3,(H,17,18)(H,19,20)/t9-,10+/m1/s1. The Bertz CT molecular complexity index is 562. The highest BCUT2D eigenvalue weighted by molar-refractivity contribution is 5.89. The van der Waals surface area contributed by atoms with Gasteiger partial charge < -0.3 is 15.3 Å². The fourth-order valence-corrected chi connectivity index (χ4v) is 3.06. The summed E-state index contributed by atoms with van der Waals surface area (Å²) >= 11 is 0. The molecule has 0 fully saturated rings. The van der Waals surface area contributed by atoms with Crippen LogP contribution in [0.1, 0.15) is 60.0 Å². The molecule has 0 saturated heterocycles. The van der Waals surface area contributed by atoms with E-state index in [9.17, 15) is 19.8 Å². The first-order valence-corrected chi connectivity index (χ1v) is 6.65. The van der Waals surface area contributed by atoms with E-state index in [1.165, 1.54) is 6.07 Å². The molecular weight excluding hydrogens is 260 g/mol. The highest BCUT2D eigenvalue weighted by atomic mass is 16.4. The largest absolute Gasteiger partial charge is 0.508 e. The van der Waals surface area contributed by atoms with Gasteiger partial charge in [-0.05, 0) is 42.4 Å². The van der Waals surface area contributed by atoms with Crippen LogP contribution in [0.4, 0.5) is 0 Å². The Morgan fingerprint density at radius 3 is 2.35 bits per heavy atom. The third kappa shape index (κ3) is 2.35. The lowest BCUT2D eigenvalue weighted by molar-refractivity contribution is -0.139. The minimum atomic E-state index is -1.12. The lowest BCUT2D eigenvalue weighted by Gasteiger charge is -2.32. The van der Waals surface area contributed by atoms with E-state index in [4.69, 9.17) is 5.11 Å². The van der Waals surface area contributed by atoms with E-state index in [0.29, 0.717) is 24.0 Å². The number of aliphatic carboxylic acids is 1. The van der Waals surface area contributed by atoms with Crippen LogP contribution in [0.15, 0.2) is 12.1 Å². The van der Waals surface area contributed by atoms with Gasteiger partial charge in [0.15, 0.2) is 0 Å². The zero-order valence-electron chi connectivity index (χ0n) is 11.5. The number of fused-ring (bicyclic) bond motifs is 1. The zero-order chi connectivity index (χ0) is 15.0. The summed E-state index contributed by atoms with van der Waals surface area (Å²) < 4.78 is 0. The molecule has 1 aliphatic carbocycles. The number of aromatic hydroxyl groups is 1. The lowest BCUT2D eigenvalue weighted by atomic mass is 9.71. The second kappa shape index (κ2) is 5.15. The van der Waals surface area contributed by atoms with E-state index in [2.05, 4.69) is 0 Å². The summed E-state index contributed by atoms with van der Waals surface area (Å²) in [6.45, 7) is 4.03. The number of hydrogen-bond donors (Lipinski definition) is 3. The molecule has 20 heavy (non-hydrogen) atoms. The molecule has 108 valence electrons. The molecule has 3 N–H and O–H groups in total. The second-order valence-corrected chi connectivity index (χ2v) is 5.62. The van der Waals surface area contributed by atoms with Crippen molar-refractivity contribution in [1.82, 2.24) is 0 Å². The van der Waals surface area contributed by atoms with Crippen molar-refractivity contribution in [3.8, 4) is 5.75 Å². The summed E-state index contributed by atoms with van der Waals surface area (Å²) in [6, 6.07) is 2.65. The van der Waals surface area contributed by atoms with Gasteiger partial charge in [-0.2, -0.15) is 0 Å². The molecular formula is C15H18O5. The van der Waals surface area contributed by atoms with Gasteiger partial charge in [0.05, 0.1) is 11.5 Å². The number of phenolic OH excluding ortho intramolecular Hbond substituents is 1. The maximum atomic E-state index is 11.3. The van der Waals surface area contributed by atoms with Crippen molar-refractivity contribution in [3.63, 3.8) is 0 Å². The predicted octanol–water partition coefficient (Wildman–Crippen LogP) is 2.79. The first kappa shape index (κ1) is 14.4. The molecule has 0 saturated carbocycles. The van der Waals surface area contributed by atoms with E-state index in [1.807, 2.05) is 13.8 Å². The molecule has 0 unspecified atom stereocenters. The molecule has 1 aromatic rings. The van der Waals surface area contributed by atoms with Gasteiger partial charge in [0, 0.05) is 5.56 Å². The average molecular weight is 278 g/mol.